The van der Waals surface area contributed by atoms with Gasteiger partial charge in [-0.1, -0.05) is 13.8 Å². The van der Waals surface area contributed by atoms with E-state index in [-0.39, 0.29) is 5.91 Å². The van der Waals surface area contributed by atoms with Gasteiger partial charge in [-0.25, -0.2) is 0 Å². The van der Waals surface area contributed by atoms with Crippen LogP contribution in [-0.4, -0.2) is 37.6 Å². The van der Waals surface area contributed by atoms with E-state index in [0.29, 0.717) is 23.7 Å². The molecule has 0 aliphatic carbocycles. The fourth-order valence-corrected chi connectivity index (χ4v) is 2.12. The highest BCUT2D eigenvalue weighted by Gasteiger charge is 2.16. The Kier molecular flexibility index (Phi) is 6.91. The molecule has 0 radical (unpaired) electrons. The van der Waals surface area contributed by atoms with Gasteiger partial charge in [0.25, 0.3) is 5.91 Å². The summed E-state index contributed by atoms with van der Waals surface area (Å²) in [7, 11) is 1.60. The minimum Gasteiger partial charge on any atom is -0.493 e. The number of hydrogen-bond donors (Lipinski definition) is 0. The fraction of sp³-hybridized carbons (Fsp3) is 0.562. The summed E-state index contributed by atoms with van der Waals surface area (Å²) in [6.07, 6.45) is 1.92. The van der Waals surface area contributed by atoms with Crippen LogP contribution in [-0.2, 0) is 0 Å². The Morgan fingerprint density at radius 1 is 1.10 bits per heavy atom. The van der Waals surface area contributed by atoms with E-state index in [1.54, 1.807) is 25.3 Å². The van der Waals surface area contributed by atoms with Crippen LogP contribution < -0.4 is 9.47 Å². The molecular weight excluding hydrogens is 254 g/mol. The van der Waals surface area contributed by atoms with Crippen molar-refractivity contribution in [1.82, 2.24) is 4.90 Å². The Hall–Kier alpha value is -1.71. The SMILES string of the molecule is CCCN(CCC)C(=O)c1ccc(OC)c(OCC)c1. The average molecular weight is 279 g/mol. The van der Waals surface area contributed by atoms with Crippen molar-refractivity contribution in [3.8, 4) is 11.5 Å². The highest BCUT2D eigenvalue weighted by atomic mass is 16.5. The molecule has 1 aromatic carbocycles. The van der Waals surface area contributed by atoms with Crippen molar-refractivity contribution in [2.75, 3.05) is 26.8 Å². The summed E-state index contributed by atoms with van der Waals surface area (Å²) in [5.74, 6) is 1.33. The fourth-order valence-electron chi connectivity index (χ4n) is 2.12. The van der Waals surface area contributed by atoms with Crippen molar-refractivity contribution in [2.24, 2.45) is 0 Å². The number of rotatable bonds is 8. The van der Waals surface area contributed by atoms with Crippen molar-refractivity contribution in [2.45, 2.75) is 33.6 Å². The smallest absolute Gasteiger partial charge is 0.253 e. The van der Waals surface area contributed by atoms with Gasteiger partial charge in [-0.15, -0.1) is 0 Å². The van der Waals surface area contributed by atoms with E-state index >= 15 is 0 Å². The van der Waals surface area contributed by atoms with Crippen LogP contribution in [0.25, 0.3) is 0 Å². The number of benzene rings is 1. The topological polar surface area (TPSA) is 38.8 Å². The van der Waals surface area contributed by atoms with Crippen LogP contribution in [0.4, 0.5) is 0 Å². The predicted octanol–water partition coefficient (Wildman–Crippen LogP) is 3.36. The molecule has 0 saturated heterocycles. The van der Waals surface area contributed by atoms with Gasteiger partial charge < -0.3 is 14.4 Å². The molecular formula is C16H25NO3. The second-order valence-electron chi connectivity index (χ2n) is 4.59. The summed E-state index contributed by atoms with van der Waals surface area (Å²) in [5.41, 5.74) is 0.649. The highest BCUT2D eigenvalue weighted by Crippen LogP contribution is 2.28. The third-order valence-corrected chi connectivity index (χ3v) is 2.98. The standard InChI is InChI=1S/C16H25NO3/c1-5-10-17(11-6-2)16(18)13-8-9-14(19-4)15(12-13)20-7-3/h8-9,12H,5-7,10-11H2,1-4H3. The molecule has 4 heteroatoms. The summed E-state index contributed by atoms with van der Waals surface area (Å²) in [6.45, 7) is 8.17. The lowest BCUT2D eigenvalue weighted by molar-refractivity contribution is 0.0755. The lowest BCUT2D eigenvalue weighted by Crippen LogP contribution is -2.32. The maximum Gasteiger partial charge on any atom is 0.253 e. The number of methoxy groups -OCH3 is 1. The quantitative estimate of drug-likeness (QED) is 0.732. The van der Waals surface area contributed by atoms with Gasteiger partial charge >= 0.3 is 0 Å². The largest absolute Gasteiger partial charge is 0.493 e. The van der Waals surface area contributed by atoms with Gasteiger partial charge in [0, 0.05) is 18.7 Å². The molecule has 1 amide bonds. The van der Waals surface area contributed by atoms with E-state index in [1.165, 1.54) is 0 Å². The van der Waals surface area contributed by atoms with Crippen LogP contribution in [0, 0.1) is 0 Å². The number of carbonyl (C=O) groups excluding carboxylic acids is 1. The molecule has 1 rings (SSSR count). The molecule has 0 aromatic heterocycles. The highest BCUT2D eigenvalue weighted by molar-refractivity contribution is 5.95. The van der Waals surface area contributed by atoms with Crippen LogP contribution in [0.1, 0.15) is 44.0 Å². The number of carbonyl (C=O) groups is 1. The van der Waals surface area contributed by atoms with Crippen molar-refractivity contribution < 1.29 is 14.3 Å². The Labute approximate surface area is 121 Å². The van der Waals surface area contributed by atoms with E-state index in [9.17, 15) is 4.79 Å². The summed E-state index contributed by atoms with van der Waals surface area (Å²) < 4.78 is 10.8. The minimum atomic E-state index is 0.0531. The first kappa shape index (κ1) is 16.3. The first-order valence-electron chi connectivity index (χ1n) is 7.27. The zero-order valence-electron chi connectivity index (χ0n) is 12.9. The van der Waals surface area contributed by atoms with Gasteiger partial charge in [0.05, 0.1) is 13.7 Å². The van der Waals surface area contributed by atoms with Gasteiger partial charge in [-0.05, 0) is 38.0 Å². The molecule has 0 spiro atoms. The molecule has 1 aromatic rings. The lowest BCUT2D eigenvalue weighted by atomic mass is 10.1. The summed E-state index contributed by atoms with van der Waals surface area (Å²) in [6, 6.07) is 5.35. The van der Waals surface area contributed by atoms with Gasteiger partial charge in [0.2, 0.25) is 0 Å². The maximum absolute atomic E-state index is 12.5. The van der Waals surface area contributed by atoms with E-state index < -0.39 is 0 Å². The lowest BCUT2D eigenvalue weighted by Gasteiger charge is -2.22. The molecule has 0 N–H and O–H groups in total. The molecule has 112 valence electrons. The molecule has 4 nitrogen and oxygen atoms in total. The number of amides is 1. The van der Waals surface area contributed by atoms with Gasteiger partial charge in [0.1, 0.15) is 0 Å². The van der Waals surface area contributed by atoms with Crippen LogP contribution in [0.3, 0.4) is 0 Å². The first-order chi connectivity index (χ1) is 9.67. The average Bonchev–Trinajstić information content (AvgIpc) is 2.46. The Morgan fingerprint density at radius 3 is 2.25 bits per heavy atom. The van der Waals surface area contributed by atoms with Crippen LogP contribution in [0.2, 0.25) is 0 Å². The Morgan fingerprint density at radius 2 is 1.75 bits per heavy atom. The number of ether oxygens (including phenoxy) is 2. The molecule has 0 atom stereocenters. The summed E-state index contributed by atoms with van der Waals surface area (Å²) >= 11 is 0. The molecule has 0 bridgehead atoms. The van der Waals surface area contributed by atoms with Crippen LogP contribution >= 0.6 is 0 Å². The molecule has 0 heterocycles. The maximum atomic E-state index is 12.5. The molecule has 0 unspecified atom stereocenters. The molecule has 0 saturated carbocycles. The summed E-state index contributed by atoms with van der Waals surface area (Å²) in [4.78, 5) is 14.4. The zero-order chi connectivity index (χ0) is 15.0. The molecule has 0 fully saturated rings. The normalized spacial score (nSPS) is 10.2. The van der Waals surface area contributed by atoms with E-state index in [4.69, 9.17) is 9.47 Å². The van der Waals surface area contributed by atoms with E-state index in [2.05, 4.69) is 13.8 Å². The minimum absolute atomic E-state index is 0.0531. The second kappa shape index (κ2) is 8.46. The van der Waals surface area contributed by atoms with Crippen molar-refractivity contribution in [3.63, 3.8) is 0 Å². The number of hydrogen-bond acceptors (Lipinski definition) is 3. The zero-order valence-corrected chi connectivity index (χ0v) is 12.9. The van der Waals surface area contributed by atoms with Crippen LogP contribution in [0.15, 0.2) is 18.2 Å². The van der Waals surface area contributed by atoms with Crippen molar-refractivity contribution in [3.05, 3.63) is 23.8 Å². The predicted molar refractivity (Wildman–Crippen MR) is 80.6 cm³/mol. The third kappa shape index (κ3) is 4.15. The van der Waals surface area contributed by atoms with Gasteiger partial charge in [0.15, 0.2) is 11.5 Å². The first-order valence-corrected chi connectivity index (χ1v) is 7.27. The Balaban J connectivity index is 2.99. The van der Waals surface area contributed by atoms with Crippen molar-refractivity contribution in [1.29, 1.82) is 0 Å². The third-order valence-electron chi connectivity index (χ3n) is 2.98. The molecule has 0 aliphatic rings. The second-order valence-corrected chi connectivity index (χ2v) is 4.59. The summed E-state index contributed by atoms with van der Waals surface area (Å²) in [5, 5.41) is 0. The monoisotopic (exact) mass is 279 g/mol. The van der Waals surface area contributed by atoms with Gasteiger partial charge in [-0.3, -0.25) is 4.79 Å². The number of nitrogens with zero attached hydrogens (tertiary/aromatic N) is 1. The van der Waals surface area contributed by atoms with Crippen molar-refractivity contribution >= 4 is 5.91 Å². The Bertz CT molecular complexity index is 426. The van der Waals surface area contributed by atoms with Crippen LogP contribution in [0.5, 0.6) is 11.5 Å². The van der Waals surface area contributed by atoms with E-state index in [1.807, 2.05) is 11.8 Å². The van der Waals surface area contributed by atoms with E-state index in [0.717, 1.165) is 25.9 Å². The molecule has 0 aliphatic heterocycles. The molecule has 20 heavy (non-hydrogen) atoms. The van der Waals surface area contributed by atoms with Gasteiger partial charge in [-0.2, -0.15) is 0 Å².